The number of hydrogen-bond donors (Lipinski definition) is 1. The van der Waals surface area contributed by atoms with E-state index in [0.29, 0.717) is 32.2 Å². The second-order valence-corrected chi connectivity index (χ2v) is 3.90. The Morgan fingerprint density at radius 3 is 2.29 bits per heavy atom. The van der Waals surface area contributed by atoms with Gasteiger partial charge in [-0.1, -0.05) is 0 Å². The number of halogens is 4. The lowest BCUT2D eigenvalue weighted by Gasteiger charge is -2.29. The van der Waals surface area contributed by atoms with Crippen LogP contribution in [0.4, 0.5) is 23.2 Å². The molecule has 0 saturated carbocycles. The lowest BCUT2D eigenvalue weighted by molar-refractivity contribution is -0.137. The van der Waals surface area contributed by atoms with Gasteiger partial charge in [0.05, 0.1) is 11.3 Å². The first kappa shape index (κ1) is 12.2. The van der Waals surface area contributed by atoms with Crippen molar-refractivity contribution in [2.45, 2.75) is 6.18 Å². The summed E-state index contributed by atoms with van der Waals surface area (Å²) in [5, 5.41) is 3.10. The Bertz CT molecular complexity index is 397. The van der Waals surface area contributed by atoms with Crippen LogP contribution in [0.3, 0.4) is 0 Å². The van der Waals surface area contributed by atoms with E-state index < -0.39 is 17.6 Å². The molecule has 6 heteroatoms. The minimum Gasteiger partial charge on any atom is -0.367 e. The van der Waals surface area contributed by atoms with Gasteiger partial charge in [-0.2, -0.15) is 13.2 Å². The van der Waals surface area contributed by atoms with Crippen molar-refractivity contribution in [2.24, 2.45) is 0 Å². The van der Waals surface area contributed by atoms with Gasteiger partial charge in [-0.25, -0.2) is 4.39 Å². The Hall–Kier alpha value is -1.30. The average Bonchev–Trinajstić information content (AvgIpc) is 2.29. The standard InChI is InChI=1S/C11H12F4N2/c12-9-7-8(11(13,14)15)1-2-10(9)17-5-3-16-4-6-17/h1-2,7,16H,3-6H2. The molecule has 1 N–H and O–H groups in total. The molecule has 1 aromatic rings. The van der Waals surface area contributed by atoms with Gasteiger partial charge in [0.1, 0.15) is 5.82 Å². The van der Waals surface area contributed by atoms with Crippen LogP contribution in [-0.4, -0.2) is 26.2 Å². The molecule has 0 amide bonds. The Morgan fingerprint density at radius 2 is 1.76 bits per heavy atom. The molecule has 0 unspecified atom stereocenters. The summed E-state index contributed by atoms with van der Waals surface area (Å²) in [5.41, 5.74) is -0.714. The first-order chi connectivity index (χ1) is 7.98. The normalized spacial score (nSPS) is 17.3. The van der Waals surface area contributed by atoms with E-state index in [1.165, 1.54) is 6.07 Å². The number of alkyl halides is 3. The lowest BCUT2D eigenvalue weighted by Crippen LogP contribution is -2.43. The molecule has 1 aliphatic heterocycles. The van der Waals surface area contributed by atoms with Gasteiger partial charge < -0.3 is 10.2 Å². The van der Waals surface area contributed by atoms with Crippen LogP contribution < -0.4 is 10.2 Å². The summed E-state index contributed by atoms with van der Waals surface area (Å²) in [4.78, 5) is 1.74. The molecule has 1 aliphatic rings. The van der Waals surface area contributed by atoms with Gasteiger partial charge in [0, 0.05) is 26.2 Å². The van der Waals surface area contributed by atoms with E-state index in [2.05, 4.69) is 5.32 Å². The Kier molecular flexibility index (Phi) is 3.24. The van der Waals surface area contributed by atoms with Gasteiger partial charge in [-0.15, -0.1) is 0 Å². The van der Waals surface area contributed by atoms with E-state index in [1.54, 1.807) is 4.90 Å². The zero-order chi connectivity index (χ0) is 12.5. The minimum absolute atomic E-state index is 0.236. The molecule has 17 heavy (non-hydrogen) atoms. The van der Waals surface area contributed by atoms with Crippen molar-refractivity contribution < 1.29 is 17.6 Å². The summed E-state index contributed by atoms with van der Waals surface area (Å²) >= 11 is 0. The van der Waals surface area contributed by atoms with Gasteiger partial charge in [-0.3, -0.25) is 0 Å². The number of piperazine rings is 1. The SMILES string of the molecule is Fc1cc(C(F)(F)F)ccc1N1CCNCC1. The largest absolute Gasteiger partial charge is 0.416 e. The van der Waals surface area contributed by atoms with Crippen molar-refractivity contribution in [2.75, 3.05) is 31.1 Å². The summed E-state index contributed by atoms with van der Waals surface area (Å²) in [7, 11) is 0. The molecule has 0 aliphatic carbocycles. The van der Waals surface area contributed by atoms with Crippen LogP contribution in [0.2, 0.25) is 0 Å². The predicted octanol–water partition coefficient (Wildman–Crippen LogP) is 2.25. The Balaban J connectivity index is 2.25. The van der Waals surface area contributed by atoms with Crippen LogP contribution in [0.1, 0.15) is 5.56 Å². The molecule has 0 aromatic heterocycles. The van der Waals surface area contributed by atoms with Gasteiger partial charge in [0.25, 0.3) is 0 Å². The van der Waals surface area contributed by atoms with E-state index in [1.807, 2.05) is 0 Å². The zero-order valence-electron chi connectivity index (χ0n) is 9.02. The van der Waals surface area contributed by atoms with Crippen molar-refractivity contribution in [3.63, 3.8) is 0 Å². The van der Waals surface area contributed by atoms with Gasteiger partial charge in [0.2, 0.25) is 0 Å². The Labute approximate surface area is 96.2 Å². The molecule has 1 fully saturated rings. The maximum absolute atomic E-state index is 13.6. The maximum Gasteiger partial charge on any atom is 0.416 e. The number of hydrogen-bond acceptors (Lipinski definition) is 2. The summed E-state index contributed by atoms with van der Waals surface area (Å²) < 4.78 is 50.7. The number of benzene rings is 1. The van der Waals surface area contributed by atoms with E-state index in [0.717, 1.165) is 6.07 Å². The van der Waals surface area contributed by atoms with Crippen LogP contribution in [0.25, 0.3) is 0 Å². The highest BCUT2D eigenvalue weighted by molar-refractivity contribution is 5.50. The average molecular weight is 248 g/mol. The summed E-state index contributed by atoms with van der Waals surface area (Å²) in [5.74, 6) is -0.818. The minimum atomic E-state index is -4.50. The highest BCUT2D eigenvalue weighted by atomic mass is 19.4. The molecule has 94 valence electrons. The van der Waals surface area contributed by atoms with E-state index in [9.17, 15) is 17.6 Å². The van der Waals surface area contributed by atoms with Gasteiger partial charge in [-0.05, 0) is 18.2 Å². The summed E-state index contributed by atoms with van der Waals surface area (Å²) in [6.45, 7) is 2.62. The zero-order valence-corrected chi connectivity index (χ0v) is 9.02. The summed E-state index contributed by atoms with van der Waals surface area (Å²) in [6, 6.07) is 2.67. The van der Waals surface area contributed by atoms with Crippen LogP contribution >= 0.6 is 0 Å². The van der Waals surface area contributed by atoms with Crippen molar-refractivity contribution in [1.29, 1.82) is 0 Å². The fraction of sp³-hybridized carbons (Fsp3) is 0.455. The van der Waals surface area contributed by atoms with Gasteiger partial charge >= 0.3 is 6.18 Å². The fourth-order valence-electron chi connectivity index (χ4n) is 1.85. The monoisotopic (exact) mass is 248 g/mol. The molecular formula is C11H12F4N2. The number of anilines is 1. The topological polar surface area (TPSA) is 15.3 Å². The van der Waals surface area contributed by atoms with Gasteiger partial charge in [0.15, 0.2) is 0 Å². The summed E-state index contributed by atoms with van der Waals surface area (Å²) in [6.07, 6.45) is -4.50. The van der Waals surface area contributed by atoms with Crippen LogP contribution in [0.15, 0.2) is 18.2 Å². The molecular weight excluding hydrogens is 236 g/mol. The second-order valence-electron chi connectivity index (χ2n) is 3.90. The smallest absolute Gasteiger partial charge is 0.367 e. The quantitative estimate of drug-likeness (QED) is 0.767. The third-order valence-electron chi connectivity index (χ3n) is 2.73. The van der Waals surface area contributed by atoms with Crippen LogP contribution in [0, 0.1) is 5.82 Å². The van der Waals surface area contributed by atoms with Crippen LogP contribution in [-0.2, 0) is 6.18 Å². The molecule has 0 spiro atoms. The highest BCUT2D eigenvalue weighted by Crippen LogP contribution is 2.32. The molecule has 0 bridgehead atoms. The molecule has 1 aromatic carbocycles. The molecule has 0 atom stereocenters. The number of nitrogens with zero attached hydrogens (tertiary/aromatic N) is 1. The third kappa shape index (κ3) is 2.69. The molecule has 2 nitrogen and oxygen atoms in total. The third-order valence-corrected chi connectivity index (χ3v) is 2.73. The van der Waals surface area contributed by atoms with Crippen molar-refractivity contribution in [3.8, 4) is 0 Å². The molecule has 1 heterocycles. The lowest BCUT2D eigenvalue weighted by atomic mass is 10.1. The highest BCUT2D eigenvalue weighted by Gasteiger charge is 2.31. The predicted molar refractivity (Wildman–Crippen MR) is 56.5 cm³/mol. The molecule has 2 rings (SSSR count). The first-order valence-electron chi connectivity index (χ1n) is 5.31. The Morgan fingerprint density at radius 1 is 1.12 bits per heavy atom. The van der Waals surface area contributed by atoms with E-state index >= 15 is 0 Å². The van der Waals surface area contributed by atoms with E-state index in [4.69, 9.17) is 0 Å². The second kappa shape index (κ2) is 4.52. The maximum atomic E-state index is 13.6. The molecule has 1 saturated heterocycles. The van der Waals surface area contributed by atoms with E-state index in [-0.39, 0.29) is 5.69 Å². The van der Waals surface area contributed by atoms with Crippen molar-refractivity contribution in [1.82, 2.24) is 5.32 Å². The van der Waals surface area contributed by atoms with Crippen LogP contribution in [0.5, 0.6) is 0 Å². The first-order valence-corrected chi connectivity index (χ1v) is 5.31. The van der Waals surface area contributed by atoms with Crippen molar-refractivity contribution >= 4 is 5.69 Å². The number of rotatable bonds is 1. The number of nitrogens with one attached hydrogen (secondary N) is 1. The molecule has 0 radical (unpaired) electrons. The fourth-order valence-corrected chi connectivity index (χ4v) is 1.85. The van der Waals surface area contributed by atoms with Crippen molar-refractivity contribution in [3.05, 3.63) is 29.6 Å².